The van der Waals surface area contributed by atoms with Gasteiger partial charge in [0.2, 0.25) is 10.0 Å². The summed E-state index contributed by atoms with van der Waals surface area (Å²) in [5.41, 5.74) is 1.42. The molecular formula is C19H19F3N2O2S. The minimum atomic E-state index is -4.70. The van der Waals surface area contributed by atoms with Crippen LogP contribution in [0.4, 0.5) is 13.2 Å². The normalized spacial score (nSPS) is 19.5. The molecule has 2 heterocycles. The summed E-state index contributed by atoms with van der Waals surface area (Å²) in [6.07, 6.45) is -3.80. The highest BCUT2D eigenvalue weighted by molar-refractivity contribution is 7.89. The zero-order chi connectivity index (χ0) is 19.2. The molecule has 0 spiro atoms. The van der Waals surface area contributed by atoms with Gasteiger partial charge in [-0.1, -0.05) is 36.4 Å². The van der Waals surface area contributed by atoms with Gasteiger partial charge in [-0.25, -0.2) is 8.42 Å². The van der Waals surface area contributed by atoms with Gasteiger partial charge in [-0.05, 0) is 29.7 Å². The van der Waals surface area contributed by atoms with Crippen LogP contribution in [0.1, 0.15) is 16.7 Å². The molecule has 0 bridgehead atoms. The highest BCUT2D eigenvalue weighted by atomic mass is 32.2. The van der Waals surface area contributed by atoms with Crippen molar-refractivity contribution in [2.75, 3.05) is 19.6 Å². The minimum Gasteiger partial charge on any atom is -0.293 e. The van der Waals surface area contributed by atoms with Crippen LogP contribution < -0.4 is 0 Å². The average molecular weight is 396 g/mol. The van der Waals surface area contributed by atoms with Gasteiger partial charge in [0.05, 0.1) is 10.5 Å². The summed E-state index contributed by atoms with van der Waals surface area (Å²) in [4.78, 5) is 1.55. The van der Waals surface area contributed by atoms with Gasteiger partial charge in [-0.15, -0.1) is 0 Å². The fourth-order valence-electron chi connectivity index (χ4n) is 3.74. The van der Waals surface area contributed by atoms with Crippen molar-refractivity contribution < 1.29 is 21.6 Å². The van der Waals surface area contributed by atoms with Gasteiger partial charge in [-0.2, -0.15) is 17.5 Å². The van der Waals surface area contributed by atoms with E-state index in [0.29, 0.717) is 0 Å². The van der Waals surface area contributed by atoms with Crippen LogP contribution in [-0.2, 0) is 29.2 Å². The lowest BCUT2D eigenvalue weighted by Gasteiger charge is -2.46. The average Bonchev–Trinajstić information content (AvgIpc) is 2.59. The summed E-state index contributed by atoms with van der Waals surface area (Å²) in [7, 11) is -4.16. The first-order valence-corrected chi connectivity index (χ1v) is 10.2. The highest BCUT2D eigenvalue weighted by Gasteiger charge is 2.44. The van der Waals surface area contributed by atoms with Crippen molar-refractivity contribution in [1.82, 2.24) is 9.21 Å². The number of alkyl halides is 3. The van der Waals surface area contributed by atoms with Crippen LogP contribution in [0.3, 0.4) is 0 Å². The quantitative estimate of drug-likeness (QED) is 0.801. The molecule has 2 aromatic carbocycles. The number of benzene rings is 2. The maximum absolute atomic E-state index is 13.2. The van der Waals surface area contributed by atoms with E-state index >= 15 is 0 Å². The Kier molecular flexibility index (Phi) is 4.52. The van der Waals surface area contributed by atoms with Crippen LogP contribution in [0.15, 0.2) is 53.4 Å². The Morgan fingerprint density at radius 3 is 2.26 bits per heavy atom. The van der Waals surface area contributed by atoms with Crippen LogP contribution in [0.5, 0.6) is 0 Å². The van der Waals surface area contributed by atoms with Crippen molar-refractivity contribution in [3.05, 3.63) is 65.2 Å². The van der Waals surface area contributed by atoms with Gasteiger partial charge in [0.1, 0.15) is 0 Å². The first-order valence-electron chi connectivity index (χ1n) is 8.74. The maximum atomic E-state index is 13.2. The number of halogens is 3. The molecule has 8 heteroatoms. The lowest BCUT2D eigenvalue weighted by Crippen LogP contribution is -2.61. The van der Waals surface area contributed by atoms with Crippen molar-refractivity contribution >= 4 is 10.0 Å². The molecule has 0 atom stereocenters. The number of fused-ring (bicyclic) bond motifs is 1. The van der Waals surface area contributed by atoms with Gasteiger partial charge < -0.3 is 0 Å². The van der Waals surface area contributed by atoms with Crippen LogP contribution in [0.2, 0.25) is 0 Å². The van der Waals surface area contributed by atoms with E-state index in [1.54, 1.807) is 0 Å². The number of hydrogen-bond acceptors (Lipinski definition) is 3. The molecule has 0 radical (unpaired) electrons. The van der Waals surface area contributed by atoms with Gasteiger partial charge >= 0.3 is 6.18 Å². The predicted molar refractivity (Wildman–Crippen MR) is 94.5 cm³/mol. The molecule has 0 saturated carbocycles. The molecule has 0 amide bonds. The van der Waals surface area contributed by atoms with Gasteiger partial charge in [-0.3, -0.25) is 4.90 Å². The number of sulfonamides is 1. The fraction of sp³-hybridized carbons (Fsp3) is 0.368. The monoisotopic (exact) mass is 396 g/mol. The molecule has 27 heavy (non-hydrogen) atoms. The second-order valence-electron chi connectivity index (χ2n) is 6.96. The molecule has 1 fully saturated rings. The summed E-state index contributed by atoms with van der Waals surface area (Å²) in [6.45, 7) is 2.01. The Balaban J connectivity index is 1.49. The van der Waals surface area contributed by atoms with E-state index in [1.165, 1.54) is 23.3 Å². The molecule has 2 aliphatic heterocycles. The third kappa shape index (κ3) is 3.37. The van der Waals surface area contributed by atoms with Crippen molar-refractivity contribution in [3.8, 4) is 0 Å². The number of rotatable bonds is 3. The first kappa shape index (κ1) is 18.5. The second-order valence-corrected chi connectivity index (χ2v) is 8.87. The Hall–Kier alpha value is -1.90. The van der Waals surface area contributed by atoms with Crippen molar-refractivity contribution in [3.63, 3.8) is 0 Å². The highest BCUT2D eigenvalue weighted by Crippen LogP contribution is 2.36. The third-order valence-corrected chi connectivity index (χ3v) is 7.21. The molecule has 0 aromatic heterocycles. The molecule has 4 rings (SSSR count). The lowest BCUT2D eigenvalue weighted by atomic mass is 9.97. The Labute approximate surface area is 156 Å². The Morgan fingerprint density at radius 1 is 0.926 bits per heavy atom. The van der Waals surface area contributed by atoms with E-state index < -0.39 is 26.7 Å². The van der Waals surface area contributed by atoms with Gasteiger partial charge in [0.15, 0.2) is 0 Å². The number of nitrogens with zero attached hydrogens (tertiary/aromatic N) is 2. The lowest BCUT2D eigenvalue weighted by molar-refractivity contribution is -0.140. The maximum Gasteiger partial charge on any atom is 0.417 e. The molecule has 1 saturated heterocycles. The molecule has 144 valence electrons. The minimum absolute atomic E-state index is 0.0335. The van der Waals surface area contributed by atoms with Crippen LogP contribution in [-0.4, -0.2) is 43.3 Å². The zero-order valence-corrected chi connectivity index (χ0v) is 15.3. The topological polar surface area (TPSA) is 40.6 Å². The van der Waals surface area contributed by atoms with Crippen LogP contribution in [0, 0.1) is 0 Å². The summed E-state index contributed by atoms with van der Waals surface area (Å²) < 4.78 is 66.1. The molecular weight excluding hydrogens is 377 g/mol. The molecule has 0 N–H and O–H groups in total. The van der Waals surface area contributed by atoms with Crippen LogP contribution >= 0.6 is 0 Å². The van der Waals surface area contributed by atoms with Crippen LogP contribution in [0.25, 0.3) is 0 Å². The van der Waals surface area contributed by atoms with E-state index in [1.807, 2.05) is 12.1 Å². The van der Waals surface area contributed by atoms with E-state index in [0.717, 1.165) is 35.9 Å². The molecule has 2 aliphatic rings. The largest absolute Gasteiger partial charge is 0.417 e. The van der Waals surface area contributed by atoms with E-state index in [-0.39, 0.29) is 19.1 Å². The Bertz CT molecular complexity index is 953. The van der Waals surface area contributed by atoms with Crippen molar-refractivity contribution in [1.29, 1.82) is 0 Å². The molecule has 2 aromatic rings. The van der Waals surface area contributed by atoms with Gasteiger partial charge in [0.25, 0.3) is 0 Å². The van der Waals surface area contributed by atoms with E-state index in [4.69, 9.17) is 0 Å². The molecule has 0 unspecified atom stereocenters. The second kappa shape index (κ2) is 6.61. The SMILES string of the molecule is O=S(=O)(c1ccccc1C(F)(F)F)N1CC(N2CCc3ccccc3C2)C1. The number of hydrogen-bond donors (Lipinski definition) is 0. The zero-order valence-electron chi connectivity index (χ0n) is 14.5. The Morgan fingerprint density at radius 2 is 1.56 bits per heavy atom. The smallest absolute Gasteiger partial charge is 0.293 e. The molecule has 4 nitrogen and oxygen atoms in total. The predicted octanol–water partition coefficient (Wildman–Crippen LogP) is 3.14. The third-order valence-electron chi connectivity index (χ3n) is 5.32. The fourth-order valence-corrected chi connectivity index (χ4v) is 5.46. The van der Waals surface area contributed by atoms with Crippen molar-refractivity contribution in [2.45, 2.75) is 30.1 Å². The summed E-state index contributed by atoms with van der Waals surface area (Å²) in [6, 6.07) is 12.5. The molecule has 0 aliphatic carbocycles. The van der Waals surface area contributed by atoms with E-state index in [9.17, 15) is 21.6 Å². The standard InChI is InChI=1S/C19H19F3N2O2S/c20-19(21,22)17-7-3-4-8-18(17)27(25,26)24-12-16(13-24)23-10-9-14-5-1-2-6-15(14)11-23/h1-8,16H,9-13H2. The summed E-state index contributed by atoms with van der Waals surface area (Å²) in [5.74, 6) is 0. The summed E-state index contributed by atoms with van der Waals surface area (Å²) >= 11 is 0. The van der Waals surface area contributed by atoms with Gasteiger partial charge in [0, 0.05) is 32.2 Å². The van der Waals surface area contributed by atoms with Crippen molar-refractivity contribution in [2.24, 2.45) is 0 Å². The first-order chi connectivity index (χ1) is 12.8. The van der Waals surface area contributed by atoms with E-state index in [2.05, 4.69) is 17.0 Å². The summed E-state index contributed by atoms with van der Waals surface area (Å²) in [5, 5.41) is 0.